The number of benzene rings is 1. The van der Waals surface area contributed by atoms with Crippen molar-refractivity contribution in [3.63, 3.8) is 0 Å². The lowest BCUT2D eigenvalue weighted by Crippen LogP contribution is -2.43. The van der Waals surface area contributed by atoms with Crippen LogP contribution in [0.25, 0.3) is 0 Å². The number of aliphatic carboxylic acids is 1. The van der Waals surface area contributed by atoms with Crippen molar-refractivity contribution >= 4 is 12.1 Å². The van der Waals surface area contributed by atoms with Gasteiger partial charge in [-0.2, -0.15) is 0 Å². The molecule has 0 saturated carbocycles. The van der Waals surface area contributed by atoms with Crippen LogP contribution in [0, 0.1) is 12.3 Å². The second kappa shape index (κ2) is 7.51. The molecule has 1 aromatic carbocycles. The van der Waals surface area contributed by atoms with Crippen LogP contribution in [0.1, 0.15) is 38.3 Å². The second-order valence-electron chi connectivity index (χ2n) is 5.92. The van der Waals surface area contributed by atoms with E-state index in [-0.39, 0.29) is 6.42 Å². The Hall–Kier alpha value is -2.48. The second-order valence-corrected chi connectivity index (χ2v) is 5.92. The molecule has 0 heterocycles. The molecule has 5 heteroatoms. The highest BCUT2D eigenvalue weighted by atomic mass is 16.6. The Morgan fingerprint density at radius 1 is 1.32 bits per heavy atom. The van der Waals surface area contributed by atoms with E-state index in [1.807, 2.05) is 12.1 Å². The van der Waals surface area contributed by atoms with Gasteiger partial charge in [0.25, 0.3) is 0 Å². The summed E-state index contributed by atoms with van der Waals surface area (Å²) < 4.78 is 5.07. The lowest BCUT2D eigenvalue weighted by atomic mass is 10.0. The predicted molar refractivity (Wildman–Crippen MR) is 83.5 cm³/mol. The molecular formula is C17H21NO4. The van der Waals surface area contributed by atoms with E-state index in [0.717, 1.165) is 11.1 Å². The van der Waals surface area contributed by atoms with Gasteiger partial charge in [-0.25, -0.2) is 9.59 Å². The molecule has 1 aromatic rings. The fraction of sp³-hybridized carbons (Fsp3) is 0.412. The standard InChI is InChI=1S/C17H21NO4/c1-5-12-6-8-13(9-7-12)10-11-14(15(19)20)18-16(21)22-17(2,3)4/h1,6-9,14H,10-11H2,2-4H3,(H,18,21)(H,19,20)/t14-/m0/s1. The number of nitrogens with one attached hydrogen (secondary N) is 1. The van der Waals surface area contributed by atoms with Gasteiger partial charge < -0.3 is 15.2 Å². The quantitative estimate of drug-likeness (QED) is 0.820. The molecule has 0 aliphatic rings. The lowest BCUT2D eigenvalue weighted by Gasteiger charge is -2.22. The Morgan fingerprint density at radius 3 is 2.36 bits per heavy atom. The SMILES string of the molecule is C#Cc1ccc(CC[C@H](NC(=O)OC(C)(C)C)C(=O)O)cc1. The molecule has 0 fully saturated rings. The largest absolute Gasteiger partial charge is 0.480 e. The van der Waals surface area contributed by atoms with Gasteiger partial charge in [0.15, 0.2) is 0 Å². The maximum absolute atomic E-state index is 11.6. The van der Waals surface area contributed by atoms with E-state index in [1.54, 1.807) is 32.9 Å². The number of rotatable bonds is 5. The third kappa shape index (κ3) is 6.31. The van der Waals surface area contributed by atoms with Crippen LogP contribution < -0.4 is 5.32 Å². The predicted octanol–water partition coefficient (Wildman–Crippen LogP) is 2.58. The molecule has 0 radical (unpaired) electrons. The van der Waals surface area contributed by atoms with Crippen molar-refractivity contribution in [1.29, 1.82) is 0 Å². The summed E-state index contributed by atoms with van der Waals surface area (Å²) in [5.74, 6) is 1.43. The summed E-state index contributed by atoms with van der Waals surface area (Å²) in [5, 5.41) is 11.6. The van der Waals surface area contributed by atoms with Crippen LogP contribution in [-0.4, -0.2) is 28.8 Å². The first-order valence-electron chi connectivity index (χ1n) is 6.99. The van der Waals surface area contributed by atoms with Crippen LogP contribution in [0.5, 0.6) is 0 Å². The number of hydrogen-bond acceptors (Lipinski definition) is 3. The van der Waals surface area contributed by atoms with Gasteiger partial charge in [-0.3, -0.25) is 0 Å². The van der Waals surface area contributed by atoms with Gasteiger partial charge in [-0.05, 0) is 51.3 Å². The summed E-state index contributed by atoms with van der Waals surface area (Å²) in [7, 11) is 0. The van der Waals surface area contributed by atoms with E-state index in [1.165, 1.54) is 0 Å². The normalized spacial score (nSPS) is 12.1. The highest BCUT2D eigenvalue weighted by Gasteiger charge is 2.23. The maximum Gasteiger partial charge on any atom is 0.408 e. The first kappa shape index (κ1) is 17.6. The van der Waals surface area contributed by atoms with Crippen LogP contribution in [0.2, 0.25) is 0 Å². The van der Waals surface area contributed by atoms with Crippen molar-refractivity contribution in [3.05, 3.63) is 35.4 Å². The number of carbonyl (C=O) groups is 2. The number of hydrogen-bond donors (Lipinski definition) is 2. The lowest BCUT2D eigenvalue weighted by molar-refractivity contribution is -0.139. The number of amides is 1. The maximum atomic E-state index is 11.6. The summed E-state index contributed by atoms with van der Waals surface area (Å²) in [6.45, 7) is 5.15. The Bertz CT molecular complexity index is 564. The molecule has 0 unspecified atom stereocenters. The van der Waals surface area contributed by atoms with Crippen LogP contribution >= 0.6 is 0 Å². The number of ether oxygens (including phenoxy) is 1. The fourth-order valence-corrected chi connectivity index (χ4v) is 1.79. The summed E-state index contributed by atoms with van der Waals surface area (Å²) >= 11 is 0. The number of carbonyl (C=O) groups excluding carboxylic acids is 1. The van der Waals surface area contributed by atoms with Gasteiger partial charge >= 0.3 is 12.1 Å². The molecule has 1 atom stereocenters. The minimum Gasteiger partial charge on any atom is -0.480 e. The molecule has 0 bridgehead atoms. The van der Waals surface area contributed by atoms with E-state index in [4.69, 9.17) is 11.2 Å². The van der Waals surface area contributed by atoms with Gasteiger partial charge in [-0.15, -0.1) is 6.42 Å². The van der Waals surface area contributed by atoms with Crippen LogP contribution in [-0.2, 0) is 16.0 Å². The minimum absolute atomic E-state index is 0.268. The van der Waals surface area contributed by atoms with Crippen LogP contribution in [0.15, 0.2) is 24.3 Å². The number of aryl methyl sites for hydroxylation is 1. The first-order chi connectivity index (χ1) is 10.2. The number of carboxylic acid groups (broad SMARTS) is 1. The smallest absolute Gasteiger partial charge is 0.408 e. The van der Waals surface area contributed by atoms with Gasteiger partial charge in [0.2, 0.25) is 0 Å². The fourth-order valence-electron chi connectivity index (χ4n) is 1.79. The summed E-state index contributed by atoms with van der Waals surface area (Å²) in [4.78, 5) is 22.9. The molecular weight excluding hydrogens is 282 g/mol. The Kier molecular flexibility index (Phi) is 6.00. The van der Waals surface area contributed by atoms with E-state index >= 15 is 0 Å². The van der Waals surface area contributed by atoms with Crippen LogP contribution in [0.3, 0.4) is 0 Å². The zero-order valence-electron chi connectivity index (χ0n) is 13.1. The Labute approximate surface area is 130 Å². The van der Waals surface area contributed by atoms with Gasteiger partial charge in [0.05, 0.1) is 0 Å². The minimum atomic E-state index is -1.09. The van der Waals surface area contributed by atoms with E-state index in [0.29, 0.717) is 6.42 Å². The monoisotopic (exact) mass is 303 g/mol. The van der Waals surface area contributed by atoms with Crippen molar-refractivity contribution in [3.8, 4) is 12.3 Å². The Balaban J connectivity index is 2.59. The Morgan fingerprint density at radius 2 is 1.91 bits per heavy atom. The van der Waals surface area contributed by atoms with E-state index in [9.17, 15) is 14.7 Å². The molecule has 118 valence electrons. The first-order valence-corrected chi connectivity index (χ1v) is 6.99. The summed E-state index contributed by atoms with van der Waals surface area (Å²) in [6, 6.07) is 6.30. The van der Waals surface area contributed by atoms with Crippen molar-refractivity contribution < 1.29 is 19.4 Å². The van der Waals surface area contributed by atoms with Gasteiger partial charge in [0, 0.05) is 5.56 Å². The van der Waals surface area contributed by atoms with Crippen molar-refractivity contribution in [2.45, 2.75) is 45.3 Å². The van der Waals surface area contributed by atoms with Gasteiger partial charge in [0.1, 0.15) is 11.6 Å². The topological polar surface area (TPSA) is 75.6 Å². The number of carboxylic acids is 1. The zero-order valence-corrected chi connectivity index (χ0v) is 13.1. The van der Waals surface area contributed by atoms with Crippen molar-refractivity contribution in [1.82, 2.24) is 5.32 Å². The summed E-state index contributed by atoms with van der Waals surface area (Å²) in [6.07, 6.45) is 5.32. The molecule has 1 amide bonds. The molecule has 0 aromatic heterocycles. The third-order valence-corrected chi connectivity index (χ3v) is 2.83. The highest BCUT2D eigenvalue weighted by Crippen LogP contribution is 2.10. The third-order valence-electron chi connectivity index (χ3n) is 2.83. The average molecular weight is 303 g/mol. The average Bonchev–Trinajstić information content (AvgIpc) is 2.41. The number of terminal acetylenes is 1. The molecule has 0 aliphatic carbocycles. The van der Waals surface area contributed by atoms with Crippen molar-refractivity contribution in [2.24, 2.45) is 0 Å². The molecule has 5 nitrogen and oxygen atoms in total. The molecule has 0 aliphatic heterocycles. The van der Waals surface area contributed by atoms with E-state index in [2.05, 4.69) is 11.2 Å². The van der Waals surface area contributed by atoms with Gasteiger partial charge in [-0.1, -0.05) is 18.1 Å². The molecule has 0 spiro atoms. The molecule has 1 rings (SSSR count). The molecule has 2 N–H and O–H groups in total. The molecule has 0 saturated heterocycles. The highest BCUT2D eigenvalue weighted by molar-refractivity contribution is 5.80. The number of alkyl carbamates (subject to hydrolysis) is 1. The van der Waals surface area contributed by atoms with Crippen LogP contribution in [0.4, 0.5) is 4.79 Å². The zero-order chi connectivity index (χ0) is 16.8. The molecule has 22 heavy (non-hydrogen) atoms. The summed E-state index contributed by atoms with van der Waals surface area (Å²) in [5.41, 5.74) is 1.06. The van der Waals surface area contributed by atoms with E-state index < -0.39 is 23.7 Å². The van der Waals surface area contributed by atoms with Crippen molar-refractivity contribution in [2.75, 3.05) is 0 Å².